The van der Waals surface area contributed by atoms with Crippen LogP contribution >= 0.6 is 27.3 Å². The maximum Gasteiger partial charge on any atom is 0.401 e. The summed E-state index contributed by atoms with van der Waals surface area (Å²) >= 11 is 5.06. The minimum absolute atomic E-state index is 0.447. The predicted octanol–water partition coefficient (Wildman–Crippen LogP) is 4.64. The molecule has 0 amide bonds. The van der Waals surface area contributed by atoms with E-state index >= 15 is 0 Å². The van der Waals surface area contributed by atoms with E-state index in [9.17, 15) is 13.2 Å². The molecule has 3 nitrogen and oxygen atoms in total. The summed E-state index contributed by atoms with van der Waals surface area (Å²) in [7, 11) is 0. The van der Waals surface area contributed by atoms with Gasteiger partial charge in [0.25, 0.3) is 0 Å². The number of hydrogen-bond acceptors (Lipinski definition) is 4. The number of hydrogen-bond donors (Lipinski definition) is 0. The van der Waals surface area contributed by atoms with Gasteiger partial charge in [-0.1, -0.05) is 28.1 Å². The monoisotopic (exact) mass is 433 g/mol. The van der Waals surface area contributed by atoms with Crippen molar-refractivity contribution in [2.24, 2.45) is 0 Å². The Bertz CT molecular complexity index is 704. The molecular formula is C17H19BrF3N3S. The van der Waals surface area contributed by atoms with Crippen molar-refractivity contribution in [2.75, 3.05) is 32.7 Å². The molecule has 2 aromatic rings. The third-order valence-electron chi connectivity index (χ3n) is 4.09. The van der Waals surface area contributed by atoms with Crippen LogP contribution in [0, 0.1) is 0 Å². The van der Waals surface area contributed by atoms with Crippen LogP contribution in [0.1, 0.15) is 12.1 Å². The second-order valence-electron chi connectivity index (χ2n) is 6.18. The van der Waals surface area contributed by atoms with Crippen molar-refractivity contribution < 1.29 is 13.2 Å². The molecule has 1 aromatic heterocycles. The molecule has 136 valence electrons. The third kappa shape index (κ3) is 5.77. The molecule has 0 saturated carbocycles. The molecule has 25 heavy (non-hydrogen) atoms. The summed E-state index contributed by atoms with van der Waals surface area (Å²) in [6.45, 7) is 2.26. The van der Waals surface area contributed by atoms with Crippen LogP contribution in [0.3, 0.4) is 0 Å². The Morgan fingerprint density at radius 2 is 1.88 bits per heavy atom. The molecule has 0 radical (unpaired) electrons. The molecule has 0 aliphatic carbocycles. The Hall–Kier alpha value is -0.960. The molecule has 0 N–H and O–H groups in total. The van der Waals surface area contributed by atoms with Gasteiger partial charge in [0, 0.05) is 35.1 Å². The van der Waals surface area contributed by atoms with E-state index in [1.54, 1.807) is 11.3 Å². The summed E-state index contributed by atoms with van der Waals surface area (Å²) in [5.41, 5.74) is 2.04. The van der Waals surface area contributed by atoms with Gasteiger partial charge >= 0.3 is 6.18 Å². The van der Waals surface area contributed by atoms with E-state index in [2.05, 4.69) is 25.8 Å². The fraction of sp³-hybridized carbons (Fsp3) is 0.471. The average Bonchev–Trinajstić information content (AvgIpc) is 2.89. The van der Waals surface area contributed by atoms with Gasteiger partial charge in [-0.3, -0.25) is 9.80 Å². The van der Waals surface area contributed by atoms with Gasteiger partial charge in [0.05, 0.1) is 12.2 Å². The Morgan fingerprint density at radius 1 is 1.12 bits per heavy atom. The number of benzene rings is 1. The first-order valence-electron chi connectivity index (χ1n) is 8.11. The molecule has 0 bridgehead atoms. The normalized spacial score (nSPS) is 17.6. The van der Waals surface area contributed by atoms with Crippen LogP contribution in [0.5, 0.6) is 0 Å². The summed E-state index contributed by atoms with van der Waals surface area (Å²) in [5.74, 6) is 0. The van der Waals surface area contributed by atoms with E-state index < -0.39 is 12.7 Å². The first-order chi connectivity index (χ1) is 11.9. The molecule has 8 heteroatoms. The lowest BCUT2D eigenvalue weighted by Gasteiger charge is -2.22. The van der Waals surface area contributed by atoms with Gasteiger partial charge in [-0.25, -0.2) is 4.98 Å². The maximum atomic E-state index is 12.5. The number of thiazole rings is 1. The Kier molecular flexibility index (Phi) is 6.14. The molecule has 0 spiro atoms. The van der Waals surface area contributed by atoms with Crippen molar-refractivity contribution in [1.82, 2.24) is 14.8 Å². The van der Waals surface area contributed by atoms with Crippen LogP contribution in [-0.2, 0) is 6.54 Å². The summed E-state index contributed by atoms with van der Waals surface area (Å²) in [6, 6.07) is 8.00. The molecule has 3 rings (SSSR count). The summed E-state index contributed by atoms with van der Waals surface area (Å²) in [6.07, 6.45) is -3.37. The van der Waals surface area contributed by atoms with Crippen LogP contribution < -0.4 is 0 Å². The molecule has 1 aliphatic heterocycles. The topological polar surface area (TPSA) is 19.4 Å². The van der Waals surface area contributed by atoms with Gasteiger partial charge in [0.15, 0.2) is 0 Å². The van der Waals surface area contributed by atoms with Crippen molar-refractivity contribution in [1.29, 1.82) is 0 Å². The highest BCUT2D eigenvalue weighted by atomic mass is 79.9. The SMILES string of the molecule is FC(F)(F)CN1CCCN(Cc2csc(-c3cccc(Br)c3)n2)CC1. The molecule has 2 heterocycles. The Morgan fingerprint density at radius 3 is 2.64 bits per heavy atom. The van der Waals surface area contributed by atoms with Crippen LogP contribution in [0.4, 0.5) is 13.2 Å². The molecule has 0 atom stereocenters. The second kappa shape index (κ2) is 8.16. The lowest BCUT2D eigenvalue weighted by molar-refractivity contribution is -0.145. The zero-order chi connectivity index (χ0) is 17.9. The molecule has 1 saturated heterocycles. The van der Waals surface area contributed by atoms with Gasteiger partial charge in [0.1, 0.15) is 5.01 Å². The van der Waals surface area contributed by atoms with Gasteiger partial charge < -0.3 is 0 Å². The third-order valence-corrected chi connectivity index (χ3v) is 5.53. The molecule has 1 aliphatic rings. The number of aromatic nitrogens is 1. The highest BCUT2D eigenvalue weighted by molar-refractivity contribution is 9.10. The Balaban J connectivity index is 1.58. The smallest absolute Gasteiger partial charge is 0.296 e. The van der Waals surface area contributed by atoms with E-state index in [1.807, 2.05) is 29.6 Å². The van der Waals surface area contributed by atoms with E-state index in [-0.39, 0.29) is 0 Å². The van der Waals surface area contributed by atoms with Crippen LogP contribution in [0.15, 0.2) is 34.1 Å². The zero-order valence-corrected chi connectivity index (χ0v) is 16.0. The quantitative estimate of drug-likeness (QED) is 0.699. The molecule has 1 aromatic carbocycles. The fourth-order valence-corrected chi connectivity index (χ4v) is 4.16. The largest absolute Gasteiger partial charge is 0.401 e. The van der Waals surface area contributed by atoms with E-state index in [0.29, 0.717) is 26.2 Å². The van der Waals surface area contributed by atoms with Gasteiger partial charge in [0.2, 0.25) is 0 Å². The molecular weight excluding hydrogens is 415 g/mol. The number of halogens is 4. The van der Waals surface area contributed by atoms with Gasteiger partial charge in [-0.05, 0) is 31.6 Å². The minimum atomic E-state index is -4.12. The number of alkyl halides is 3. The standard InChI is InChI=1S/C17H19BrF3N3S/c18-14-4-1-3-13(9-14)16-22-15(11-25-16)10-23-5-2-6-24(8-7-23)12-17(19,20)21/h1,3-4,9,11H,2,5-8,10,12H2. The first kappa shape index (κ1) is 18.8. The van der Waals surface area contributed by atoms with Crippen molar-refractivity contribution in [3.05, 3.63) is 39.8 Å². The highest BCUT2D eigenvalue weighted by Gasteiger charge is 2.31. The maximum absolute atomic E-state index is 12.5. The van der Waals surface area contributed by atoms with Gasteiger partial charge in [-0.15, -0.1) is 11.3 Å². The van der Waals surface area contributed by atoms with E-state index in [4.69, 9.17) is 0 Å². The van der Waals surface area contributed by atoms with E-state index in [1.165, 1.54) is 4.90 Å². The van der Waals surface area contributed by atoms with Crippen molar-refractivity contribution in [2.45, 2.75) is 19.1 Å². The highest BCUT2D eigenvalue weighted by Crippen LogP contribution is 2.27. The minimum Gasteiger partial charge on any atom is -0.296 e. The molecule has 1 fully saturated rings. The summed E-state index contributed by atoms with van der Waals surface area (Å²) in [4.78, 5) is 8.37. The average molecular weight is 434 g/mol. The zero-order valence-electron chi connectivity index (χ0n) is 13.6. The van der Waals surface area contributed by atoms with Crippen molar-refractivity contribution in [3.8, 4) is 10.6 Å². The first-order valence-corrected chi connectivity index (χ1v) is 9.78. The molecule has 0 unspecified atom stereocenters. The fourth-order valence-electron chi connectivity index (χ4n) is 2.96. The van der Waals surface area contributed by atoms with Crippen LogP contribution in [-0.4, -0.2) is 53.7 Å². The number of rotatable bonds is 4. The lowest BCUT2D eigenvalue weighted by atomic mass is 10.2. The second-order valence-corrected chi connectivity index (χ2v) is 7.95. The Labute approximate surface area is 157 Å². The lowest BCUT2D eigenvalue weighted by Crippen LogP contribution is -2.37. The predicted molar refractivity (Wildman–Crippen MR) is 97.6 cm³/mol. The van der Waals surface area contributed by atoms with Crippen LogP contribution in [0.25, 0.3) is 10.6 Å². The summed E-state index contributed by atoms with van der Waals surface area (Å²) in [5, 5.41) is 3.00. The van der Waals surface area contributed by atoms with Crippen molar-refractivity contribution >= 4 is 27.3 Å². The van der Waals surface area contributed by atoms with Crippen molar-refractivity contribution in [3.63, 3.8) is 0 Å². The van der Waals surface area contributed by atoms with Crippen LogP contribution in [0.2, 0.25) is 0 Å². The van der Waals surface area contributed by atoms with Gasteiger partial charge in [-0.2, -0.15) is 13.2 Å². The number of nitrogens with zero attached hydrogens (tertiary/aromatic N) is 3. The summed E-state index contributed by atoms with van der Waals surface area (Å²) < 4.78 is 38.6. The van der Waals surface area contributed by atoms with E-state index in [0.717, 1.165) is 33.7 Å².